The standard InChI is InChI=1S/C39H38O10/c1-22-33(49-38(41)24-15-11-8-12-16-24)26-20-29-35(48-21-47-29)37(46-6)31(26)30-25(19-28(43-3)34(44-4)36(30)45-5)32(39(22,2)42)27(40)18-17-23-13-9-7-10-14-23/h7-20,22,32-33,42H,21H2,1-6H3/b18-17+/t22-,32+,33+,39-/m0/s1. The number of carbonyl (C=O) groups excluding carboxylic acids is 2. The monoisotopic (exact) mass is 666 g/mol. The van der Waals surface area contributed by atoms with Crippen molar-refractivity contribution in [1.29, 1.82) is 0 Å². The van der Waals surface area contributed by atoms with E-state index in [4.69, 9.17) is 33.2 Å². The fraction of sp³-hybridized carbons (Fsp3) is 0.282. The maximum absolute atomic E-state index is 14.6. The number of hydrogen-bond donors (Lipinski definition) is 1. The Morgan fingerprint density at radius 1 is 0.816 bits per heavy atom. The van der Waals surface area contributed by atoms with Crippen LogP contribution in [0.1, 0.15) is 52.9 Å². The Morgan fingerprint density at radius 3 is 2.08 bits per heavy atom. The van der Waals surface area contributed by atoms with Crippen molar-refractivity contribution in [1.82, 2.24) is 0 Å². The van der Waals surface area contributed by atoms with E-state index >= 15 is 0 Å². The van der Waals surface area contributed by atoms with Gasteiger partial charge in [-0.3, -0.25) is 4.79 Å². The van der Waals surface area contributed by atoms with Crippen LogP contribution in [-0.4, -0.2) is 57.7 Å². The highest BCUT2D eigenvalue weighted by Crippen LogP contribution is 2.61. The fourth-order valence-electron chi connectivity index (χ4n) is 6.73. The molecule has 0 aromatic heterocycles. The molecule has 1 aliphatic heterocycles. The summed E-state index contributed by atoms with van der Waals surface area (Å²) in [5.74, 6) is -1.46. The van der Waals surface area contributed by atoms with Gasteiger partial charge in [0.1, 0.15) is 6.10 Å². The van der Waals surface area contributed by atoms with Crippen molar-refractivity contribution in [3.05, 3.63) is 101 Å². The van der Waals surface area contributed by atoms with E-state index < -0.39 is 35.3 Å². The van der Waals surface area contributed by atoms with Crippen LogP contribution < -0.4 is 28.4 Å². The van der Waals surface area contributed by atoms with Crippen LogP contribution in [0.15, 0.2) is 78.9 Å². The zero-order chi connectivity index (χ0) is 34.9. The van der Waals surface area contributed by atoms with E-state index in [1.807, 2.05) is 30.3 Å². The molecule has 10 heteroatoms. The lowest BCUT2D eigenvalue weighted by atomic mass is 9.66. The topological polar surface area (TPSA) is 119 Å². The van der Waals surface area contributed by atoms with Crippen molar-refractivity contribution >= 4 is 17.8 Å². The number of ether oxygens (including phenoxy) is 7. The van der Waals surface area contributed by atoms with Crippen molar-refractivity contribution in [3.63, 3.8) is 0 Å². The van der Waals surface area contributed by atoms with Crippen molar-refractivity contribution in [2.24, 2.45) is 5.92 Å². The van der Waals surface area contributed by atoms with E-state index in [2.05, 4.69) is 0 Å². The molecular weight excluding hydrogens is 628 g/mol. The molecule has 4 aromatic rings. The molecule has 1 N–H and O–H groups in total. The number of carbonyl (C=O) groups is 2. The second-order valence-corrected chi connectivity index (χ2v) is 12.0. The Hall–Kier alpha value is -5.48. The number of ketones is 1. The van der Waals surface area contributed by atoms with Crippen molar-refractivity contribution in [2.45, 2.75) is 31.5 Å². The molecule has 6 rings (SSSR count). The maximum Gasteiger partial charge on any atom is 0.338 e. The Morgan fingerprint density at radius 2 is 1.45 bits per heavy atom. The summed E-state index contributed by atoms with van der Waals surface area (Å²) >= 11 is 0. The SMILES string of the molecule is COc1cc2c(c(OC)c1OC)-c1c(cc3c(c1OC)OCO3)[C@H](OC(=O)c1ccccc1)[C@H](C)[C@](C)(O)[C@H]2C(=O)/C=C/c1ccccc1. The fourth-order valence-corrected chi connectivity index (χ4v) is 6.73. The van der Waals surface area contributed by atoms with Crippen molar-refractivity contribution in [2.75, 3.05) is 35.2 Å². The maximum atomic E-state index is 14.6. The van der Waals surface area contributed by atoms with Gasteiger partial charge in [-0.15, -0.1) is 0 Å². The van der Waals surface area contributed by atoms with Gasteiger partial charge in [0.05, 0.1) is 45.5 Å². The molecule has 0 radical (unpaired) electrons. The lowest BCUT2D eigenvalue weighted by Gasteiger charge is -2.43. The first-order valence-corrected chi connectivity index (χ1v) is 15.7. The first kappa shape index (κ1) is 33.4. The van der Waals surface area contributed by atoms with Gasteiger partial charge in [0.2, 0.25) is 18.3 Å². The first-order chi connectivity index (χ1) is 23.7. The van der Waals surface area contributed by atoms with Crippen LogP contribution in [0.2, 0.25) is 0 Å². The highest BCUT2D eigenvalue weighted by Gasteiger charge is 2.51. The molecule has 0 bridgehead atoms. The quantitative estimate of drug-likeness (QED) is 0.151. The zero-order valence-corrected chi connectivity index (χ0v) is 28.1. The number of benzene rings is 4. The second kappa shape index (κ2) is 13.6. The molecular formula is C39H38O10. The number of rotatable bonds is 9. The van der Waals surface area contributed by atoms with E-state index in [1.54, 1.807) is 62.4 Å². The molecule has 0 spiro atoms. The van der Waals surface area contributed by atoms with Crippen molar-refractivity contribution in [3.8, 4) is 45.6 Å². The third-order valence-electron chi connectivity index (χ3n) is 9.31. The normalized spacial score (nSPS) is 20.8. The van der Waals surface area contributed by atoms with E-state index in [0.717, 1.165) is 5.56 Å². The molecule has 2 aliphatic rings. The van der Waals surface area contributed by atoms with Gasteiger partial charge in [-0.2, -0.15) is 0 Å². The first-order valence-electron chi connectivity index (χ1n) is 15.7. The summed E-state index contributed by atoms with van der Waals surface area (Å²) in [6.45, 7) is 3.24. The predicted octanol–water partition coefficient (Wildman–Crippen LogP) is 6.78. The van der Waals surface area contributed by atoms with Crippen LogP contribution in [0, 0.1) is 5.92 Å². The molecule has 1 aliphatic carbocycles. The average molecular weight is 667 g/mol. The summed E-state index contributed by atoms with van der Waals surface area (Å²) in [6.07, 6.45) is 2.01. The van der Waals surface area contributed by atoms with E-state index in [1.165, 1.54) is 34.5 Å². The van der Waals surface area contributed by atoms with Gasteiger partial charge in [-0.1, -0.05) is 61.5 Å². The number of aliphatic hydroxyl groups is 1. The molecule has 1 heterocycles. The molecule has 0 unspecified atom stereocenters. The summed E-state index contributed by atoms with van der Waals surface area (Å²) in [5.41, 5.74) is 0.876. The Balaban J connectivity index is 1.71. The number of hydrogen-bond acceptors (Lipinski definition) is 10. The molecule has 49 heavy (non-hydrogen) atoms. The van der Waals surface area contributed by atoms with E-state index in [0.29, 0.717) is 39.3 Å². The minimum absolute atomic E-state index is 0.0718. The third kappa shape index (κ3) is 5.82. The van der Waals surface area contributed by atoms with Crippen LogP contribution >= 0.6 is 0 Å². The second-order valence-electron chi connectivity index (χ2n) is 12.0. The summed E-state index contributed by atoms with van der Waals surface area (Å²) < 4.78 is 41.6. The van der Waals surface area contributed by atoms with Crippen LogP contribution in [0.25, 0.3) is 17.2 Å². The molecule has 4 aromatic carbocycles. The predicted molar refractivity (Wildman–Crippen MR) is 182 cm³/mol. The molecule has 0 amide bonds. The van der Waals surface area contributed by atoms with Crippen LogP contribution in [0.4, 0.5) is 0 Å². The lowest BCUT2D eigenvalue weighted by Crippen LogP contribution is -2.47. The summed E-state index contributed by atoms with van der Waals surface area (Å²) in [7, 11) is 5.90. The molecule has 0 saturated carbocycles. The Bertz CT molecular complexity index is 1900. The minimum atomic E-state index is -1.83. The van der Waals surface area contributed by atoms with Crippen LogP contribution in [-0.2, 0) is 9.53 Å². The van der Waals surface area contributed by atoms with Crippen molar-refractivity contribution < 1.29 is 47.9 Å². The smallest absolute Gasteiger partial charge is 0.338 e. The number of fused-ring (bicyclic) bond motifs is 4. The Kier molecular flexibility index (Phi) is 9.25. The lowest BCUT2D eigenvalue weighted by molar-refractivity contribution is -0.128. The van der Waals surface area contributed by atoms with Gasteiger partial charge >= 0.3 is 5.97 Å². The minimum Gasteiger partial charge on any atom is -0.493 e. The molecule has 0 fully saturated rings. The number of methoxy groups -OCH3 is 4. The number of esters is 1. The van der Waals surface area contributed by atoms with E-state index in [-0.39, 0.29) is 29.8 Å². The van der Waals surface area contributed by atoms with Gasteiger partial charge in [-0.25, -0.2) is 4.79 Å². The molecule has 4 atom stereocenters. The van der Waals surface area contributed by atoms with Crippen LogP contribution in [0.5, 0.6) is 34.5 Å². The molecule has 10 nitrogen and oxygen atoms in total. The Labute approximate surface area is 284 Å². The van der Waals surface area contributed by atoms with Gasteiger partial charge in [0.25, 0.3) is 0 Å². The van der Waals surface area contributed by atoms with Crippen LogP contribution in [0.3, 0.4) is 0 Å². The third-order valence-corrected chi connectivity index (χ3v) is 9.31. The number of allylic oxidation sites excluding steroid dienone is 1. The zero-order valence-electron chi connectivity index (χ0n) is 28.1. The summed E-state index contributed by atoms with van der Waals surface area (Å²) in [5, 5.41) is 12.7. The van der Waals surface area contributed by atoms with Gasteiger partial charge in [0, 0.05) is 22.6 Å². The molecule has 254 valence electrons. The average Bonchev–Trinajstić information content (AvgIpc) is 3.60. The molecule has 0 saturated heterocycles. The summed E-state index contributed by atoms with van der Waals surface area (Å²) in [6, 6.07) is 21.3. The van der Waals surface area contributed by atoms with Gasteiger partial charge in [-0.05, 0) is 48.4 Å². The largest absolute Gasteiger partial charge is 0.493 e. The van der Waals surface area contributed by atoms with Gasteiger partial charge < -0.3 is 38.3 Å². The van der Waals surface area contributed by atoms with E-state index in [9.17, 15) is 14.7 Å². The highest BCUT2D eigenvalue weighted by molar-refractivity contribution is 6.02. The highest BCUT2D eigenvalue weighted by atomic mass is 16.7. The van der Waals surface area contributed by atoms with Gasteiger partial charge in [0.15, 0.2) is 28.8 Å². The summed E-state index contributed by atoms with van der Waals surface area (Å²) in [4.78, 5) is 28.3.